The van der Waals surface area contributed by atoms with Crippen LogP contribution in [0.2, 0.25) is 0 Å². The lowest BCUT2D eigenvalue weighted by molar-refractivity contribution is 0.0647. The Balaban J connectivity index is 2.13. The van der Waals surface area contributed by atoms with Crippen molar-refractivity contribution in [2.45, 2.75) is 51.7 Å². The van der Waals surface area contributed by atoms with Crippen LogP contribution in [-0.4, -0.2) is 34.8 Å². The molecule has 0 aromatic heterocycles. The summed E-state index contributed by atoms with van der Waals surface area (Å²) >= 11 is 1.86. The van der Waals surface area contributed by atoms with Crippen LogP contribution in [0.3, 0.4) is 0 Å². The summed E-state index contributed by atoms with van der Waals surface area (Å²) in [6.07, 6.45) is 3.42. The third-order valence-corrected chi connectivity index (χ3v) is 4.27. The lowest BCUT2D eigenvalue weighted by Crippen LogP contribution is -2.43. The van der Waals surface area contributed by atoms with E-state index in [1.54, 1.807) is 0 Å². The van der Waals surface area contributed by atoms with Crippen molar-refractivity contribution >= 4 is 11.8 Å². The first kappa shape index (κ1) is 13.3. The van der Waals surface area contributed by atoms with Gasteiger partial charge in [0.1, 0.15) is 0 Å². The second kappa shape index (κ2) is 6.12. The van der Waals surface area contributed by atoms with E-state index in [4.69, 9.17) is 0 Å². The topological polar surface area (TPSA) is 32.3 Å². The second-order valence-electron chi connectivity index (χ2n) is 5.28. The molecule has 1 aliphatic rings. The zero-order valence-corrected chi connectivity index (χ0v) is 11.1. The van der Waals surface area contributed by atoms with Crippen molar-refractivity contribution in [2.24, 2.45) is 5.92 Å². The van der Waals surface area contributed by atoms with Gasteiger partial charge in [-0.1, -0.05) is 13.8 Å². The van der Waals surface area contributed by atoms with E-state index < -0.39 is 5.60 Å². The molecule has 2 unspecified atom stereocenters. The largest absolute Gasteiger partial charge is 0.388 e. The van der Waals surface area contributed by atoms with Gasteiger partial charge in [0.2, 0.25) is 0 Å². The van der Waals surface area contributed by atoms with Crippen molar-refractivity contribution in [3.05, 3.63) is 0 Å². The lowest BCUT2D eigenvalue weighted by Gasteiger charge is -2.24. The highest BCUT2D eigenvalue weighted by molar-refractivity contribution is 7.99. The second-order valence-corrected chi connectivity index (χ2v) is 6.39. The third-order valence-electron chi connectivity index (χ3n) is 3.04. The number of nitrogens with one attached hydrogen (secondary N) is 1. The smallest absolute Gasteiger partial charge is 0.0869 e. The summed E-state index contributed by atoms with van der Waals surface area (Å²) in [6.45, 7) is 7.49. The number of rotatable bonds is 6. The molecule has 0 bridgehead atoms. The fourth-order valence-electron chi connectivity index (χ4n) is 1.79. The Morgan fingerprint density at radius 2 is 2.07 bits per heavy atom. The molecule has 1 heterocycles. The molecule has 1 rings (SSSR count). The number of aliphatic hydroxyl groups is 1. The molecule has 15 heavy (non-hydrogen) atoms. The molecule has 2 N–H and O–H groups in total. The Morgan fingerprint density at radius 1 is 1.33 bits per heavy atom. The maximum Gasteiger partial charge on any atom is 0.0869 e. The van der Waals surface area contributed by atoms with E-state index in [1.807, 2.05) is 11.8 Å². The lowest BCUT2D eigenvalue weighted by atomic mass is 10.0. The van der Waals surface area contributed by atoms with Gasteiger partial charge < -0.3 is 10.4 Å². The van der Waals surface area contributed by atoms with Crippen LogP contribution >= 0.6 is 11.8 Å². The van der Waals surface area contributed by atoms with Gasteiger partial charge in [-0.15, -0.1) is 0 Å². The highest BCUT2D eigenvalue weighted by Crippen LogP contribution is 2.27. The third kappa shape index (κ3) is 5.23. The van der Waals surface area contributed by atoms with E-state index in [1.165, 1.54) is 12.8 Å². The van der Waals surface area contributed by atoms with Crippen LogP contribution < -0.4 is 5.32 Å². The van der Waals surface area contributed by atoms with Gasteiger partial charge in [-0.25, -0.2) is 0 Å². The molecule has 1 fully saturated rings. The molecule has 0 aliphatic carbocycles. The van der Waals surface area contributed by atoms with Crippen LogP contribution in [0, 0.1) is 5.92 Å². The van der Waals surface area contributed by atoms with Gasteiger partial charge in [-0.05, 0) is 37.9 Å². The number of hydrogen-bond acceptors (Lipinski definition) is 3. The fraction of sp³-hybridized carbons (Fsp3) is 1.00. The molecule has 0 aromatic rings. The minimum Gasteiger partial charge on any atom is -0.388 e. The van der Waals surface area contributed by atoms with E-state index >= 15 is 0 Å². The zero-order chi connectivity index (χ0) is 11.3. The van der Waals surface area contributed by atoms with Crippen molar-refractivity contribution in [1.82, 2.24) is 5.32 Å². The summed E-state index contributed by atoms with van der Waals surface area (Å²) in [5, 5.41) is 13.6. The van der Waals surface area contributed by atoms with Gasteiger partial charge in [0.15, 0.2) is 0 Å². The minimum absolute atomic E-state index is 0.434. The van der Waals surface area contributed by atoms with Crippen LogP contribution in [0.15, 0.2) is 0 Å². The molecule has 3 heteroatoms. The number of thioether (sulfide) groups is 1. The van der Waals surface area contributed by atoms with E-state index in [0.29, 0.717) is 6.04 Å². The molecule has 0 radical (unpaired) electrons. The fourth-order valence-corrected chi connectivity index (χ4v) is 3.08. The van der Waals surface area contributed by atoms with Crippen LogP contribution in [0.1, 0.15) is 40.0 Å². The summed E-state index contributed by atoms with van der Waals surface area (Å²) in [4.78, 5) is 0. The summed E-state index contributed by atoms with van der Waals surface area (Å²) in [5.74, 6) is 2.79. The molecule has 2 nitrogen and oxygen atoms in total. The van der Waals surface area contributed by atoms with Crippen LogP contribution in [0.5, 0.6) is 0 Å². The summed E-state index contributed by atoms with van der Waals surface area (Å²) in [7, 11) is 0. The SMILES string of the molecule is CC(C)CCC(C)NCC1(O)CCSC1. The highest BCUT2D eigenvalue weighted by atomic mass is 32.2. The van der Waals surface area contributed by atoms with Gasteiger partial charge >= 0.3 is 0 Å². The first-order chi connectivity index (χ1) is 7.02. The van der Waals surface area contributed by atoms with Crippen LogP contribution in [0.4, 0.5) is 0 Å². The van der Waals surface area contributed by atoms with E-state index in [-0.39, 0.29) is 0 Å². The van der Waals surface area contributed by atoms with Crippen LogP contribution in [0.25, 0.3) is 0 Å². The molecule has 0 amide bonds. The summed E-state index contributed by atoms with van der Waals surface area (Å²) < 4.78 is 0. The molecule has 2 atom stereocenters. The predicted octanol–water partition coefficient (Wildman–Crippen LogP) is 2.27. The minimum atomic E-state index is -0.434. The molecule has 1 saturated heterocycles. The maximum absolute atomic E-state index is 10.1. The van der Waals surface area contributed by atoms with Crippen molar-refractivity contribution in [2.75, 3.05) is 18.1 Å². The number of hydrogen-bond donors (Lipinski definition) is 2. The van der Waals surface area contributed by atoms with Gasteiger partial charge in [0, 0.05) is 18.3 Å². The van der Waals surface area contributed by atoms with Crippen molar-refractivity contribution < 1.29 is 5.11 Å². The van der Waals surface area contributed by atoms with E-state index in [9.17, 15) is 5.11 Å². The van der Waals surface area contributed by atoms with E-state index in [2.05, 4.69) is 26.1 Å². The summed E-state index contributed by atoms with van der Waals surface area (Å²) in [5.41, 5.74) is -0.434. The Bertz CT molecular complexity index is 178. The first-order valence-electron chi connectivity index (χ1n) is 6.05. The predicted molar refractivity (Wildman–Crippen MR) is 68.4 cm³/mol. The van der Waals surface area contributed by atoms with Gasteiger partial charge in [-0.3, -0.25) is 0 Å². The average molecular weight is 231 g/mol. The van der Waals surface area contributed by atoms with Gasteiger partial charge in [0.25, 0.3) is 0 Å². The highest BCUT2D eigenvalue weighted by Gasteiger charge is 2.31. The van der Waals surface area contributed by atoms with Crippen molar-refractivity contribution in [3.63, 3.8) is 0 Å². The van der Waals surface area contributed by atoms with Crippen molar-refractivity contribution in [3.8, 4) is 0 Å². The molecule has 0 saturated carbocycles. The van der Waals surface area contributed by atoms with Gasteiger partial charge in [0.05, 0.1) is 5.60 Å². The molecule has 0 spiro atoms. The standard InChI is InChI=1S/C12H25NOS/c1-10(2)4-5-11(3)13-8-12(14)6-7-15-9-12/h10-11,13-14H,4-9H2,1-3H3. The molecular formula is C12H25NOS. The quantitative estimate of drug-likeness (QED) is 0.735. The van der Waals surface area contributed by atoms with Crippen LogP contribution in [-0.2, 0) is 0 Å². The Kier molecular flexibility index (Phi) is 5.44. The molecule has 0 aromatic carbocycles. The zero-order valence-electron chi connectivity index (χ0n) is 10.3. The van der Waals surface area contributed by atoms with E-state index in [0.717, 1.165) is 30.4 Å². The maximum atomic E-state index is 10.1. The molecule has 90 valence electrons. The van der Waals surface area contributed by atoms with Gasteiger partial charge in [-0.2, -0.15) is 11.8 Å². The molecule has 1 aliphatic heterocycles. The Hall–Kier alpha value is 0.270. The average Bonchev–Trinajstić information content (AvgIpc) is 2.60. The first-order valence-corrected chi connectivity index (χ1v) is 7.21. The van der Waals surface area contributed by atoms with Crippen molar-refractivity contribution in [1.29, 1.82) is 0 Å². The Labute approximate surface area is 98.2 Å². The Morgan fingerprint density at radius 3 is 2.60 bits per heavy atom. The normalized spacial score (nSPS) is 28.6. The molecular weight excluding hydrogens is 206 g/mol. The summed E-state index contributed by atoms with van der Waals surface area (Å²) in [6, 6.07) is 0.530. The monoisotopic (exact) mass is 231 g/mol.